The fourth-order valence-corrected chi connectivity index (χ4v) is 1.98. The molecule has 1 rings (SSSR count). The average Bonchev–Trinajstić information content (AvgIpc) is 2.60. The Bertz CT molecular complexity index is 256. The summed E-state index contributed by atoms with van der Waals surface area (Å²) in [5.74, 6) is -0.585. The van der Waals surface area contributed by atoms with Crippen molar-refractivity contribution in [1.29, 1.82) is 0 Å². The van der Waals surface area contributed by atoms with Crippen molar-refractivity contribution < 1.29 is 9.59 Å². The second-order valence-corrected chi connectivity index (χ2v) is 4.35. The summed E-state index contributed by atoms with van der Waals surface area (Å²) in [4.78, 5) is 24.2. The van der Waals surface area contributed by atoms with Crippen LogP contribution in [0.2, 0.25) is 0 Å². The topological polar surface area (TPSA) is 89.4 Å². The van der Waals surface area contributed by atoms with Crippen molar-refractivity contribution in [1.82, 2.24) is 4.90 Å². The molecule has 0 radical (unpaired) electrons. The molecule has 0 aromatic carbocycles. The van der Waals surface area contributed by atoms with E-state index in [1.54, 1.807) is 4.90 Å². The number of likely N-dealkylation sites (tertiary alicyclic amines) is 1. The largest absolute Gasteiger partial charge is 0.369 e. The zero-order chi connectivity index (χ0) is 12.0. The number of amides is 2. The molecule has 0 bridgehead atoms. The van der Waals surface area contributed by atoms with Crippen molar-refractivity contribution in [3.63, 3.8) is 0 Å². The molecule has 4 N–H and O–H groups in total. The van der Waals surface area contributed by atoms with Crippen molar-refractivity contribution in [3.8, 4) is 0 Å². The van der Waals surface area contributed by atoms with Gasteiger partial charge in [0.25, 0.3) is 0 Å². The van der Waals surface area contributed by atoms with E-state index in [2.05, 4.69) is 0 Å². The first-order chi connectivity index (χ1) is 7.65. The fourth-order valence-electron chi connectivity index (χ4n) is 1.98. The summed E-state index contributed by atoms with van der Waals surface area (Å²) in [7, 11) is 0. The van der Waals surface area contributed by atoms with E-state index in [1.807, 2.05) is 0 Å². The summed E-state index contributed by atoms with van der Waals surface area (Å²) in [5.41, 5.74) is 10.6. The lowest BCUT2D eigenvalue weighted by Gasteiger charge is -2.15. The lowest BCUT2D eigenvalue weighted by Crippen LogP contribution is -2.29. The van der Waals surface area contributed by atoms with Crippen LogP contribution in [0.5, 0.6) is 0 Å². The number of rotatable bonds is 7. The number of carbonyl (C=O) groups is 2. The Morgan fingerprint density at radius 3 is 2.56 bits per heavy atom. The highest BCUT2D eigenvalue weighted by molar-refractivity contribution is 5.88. The number of nitrogens with two attached hydrogens (primary N) is 2. The highest BCUT2D eigenvalue weighted by Gasteiger charge is 2.32. The molecule has 0 aliphatic carbocycles. The number of hydrogen-bond acceptors (Lipinski definition) is 3. The molecule has 1 atom stereocenters. The Balaban J connectivity index is 2.18. The first-order valence-electron chi connectivity index (χ1n) is 5.92. The third kappa shape index (κ3) is 3.81. The maximum atomic E-state index is 11.5. The van der Waals surface area contributed by atoms with Gasteiger partial charge in [0, 0.05) is 19.5 Å². The molecule has 0 spiro atoms. The summed E-state index contributed by atoms with van der Waals surface area (Å²) in [6, 6.07) is 0. The molecular weight excluding hydrogens is 206 g/mol. The van der Waals surface area contributed by atoms with Crippen molar-refractivity contribution in [2.24, 2.45) is 17.4 Å². The second-order valence-electron chi connectivity index (χ2n) is 4.35. The molecular formula is C11H21N3O2. The molecule has 0 saturated carbocycles. The zero-order valence-corrected chi connectivity index (χ0v) is 9.65. The summed E-state index contributed by atoms with van der Waals surface area (Å²) in [6.45, 7) is 1.98. The SMILES string of the molecule is NCCCCCCN1CC(C(N)=O)CC1=O. The molecule has 1 aliphatic rings. The molecule has 1 heterocycles. The van der Waals surface area contributed by atoms with Crippen molar-refractivity contribution in [3.05, 3.63) is 0 Å². The lowest BCUT2D eigenvalue weighted by atomic mass is 10.1. The zero-order valence-electron chi connectivity index (χ0n) is 9.65. The van der Waals surface area contributed by atoms with E-state index < -0.39 is 0 Å². The van der Waals surface area contributed by atoms with E-state index in [4.69, 9.17) is 11.5 Å². The Hall–Kier alpha value is -1.10. The van der Waals surface area contributed by atoms with Gasteiger partial charge in [-0.2, -0.15) is 0 Å². The smallest absolute Gasteiger partial charge is 0.223 e. The molecule has 1 fully saturated rings. The van der Waals surface area contributed by atoms with E-state index in [0.717, 1.165) is 38.8 Å². The minimum atomic E-state index is -0.362. The van der Waals surface area contributed by atoms with Crippen molar-refractivity contribution >= 4 is 11.8 Å². The minimum absolute atomic E-state index is 0.0580. The molecule has 1 unspecified atom stereocenters. The van der Waals surface area contributed by atoms with Gasteiger partial charge in [-0.05, 0) is 19.4 Å². The van der Waals surface area contributed by atoms with Gasteiger partial charge in [-0.1, -0.05) is 12.8 Å². The molecule has 92 valence electrons. The van der Waals surface area contributed by atoms with Gasteiger partial charge in [-0.3, -0.25) is 9.59 Å². The Morgan fingerprint density at radius 2 is 2.00 bits per heavy atom. The number of unbranched alkanes of at least 4 members (excludes halogenated alkanes) is 3. The minimum Gasteiger partial charge on any atom is -0.369 e. The third-order valence-corrected chi connectivity index (χ3v) is 3.00. The quantitative estimate of drug-likeness (QED) is 0.592. The van der Waals surface area contributed by atoms with Gasteiger partial charge in [0.1, 0.15) is 0 Å². The van der Waals surface area contributed by atoms with Crippen molar-refractivity contribution in [2.45, 2.75) is 32.1 Å². The third-order valence-electron chi connectivity index (χ3n) is 3.00. The van der Waals surface area contributed by atoms with Gasteiger partial charge < -0.3 is 16.4 Å². The molecule has 1 aliphatic heterocycles. The maximum absolute atomic E-state index is 11.5. The lowest BCUT2D eigenvalue weighted by molar-refractivity contribution is -0.128. The monoisotopic (exact) mass is 227 g/mol. The van der Waals surface area contributed by atoms with Crippen LogP contribution < -0.4 is 11.5 Å². The van der Waals surface area contributed by atoms with Crippen LogP contribution in [-0.2, 0) is 9.59 Å². The second kappa shape index (κ2) is 6.48. The van der Waals surface area contributed by atoms with Crippen LogP contribution in [0.1, 0.15) is 32.1 Å². The molecule has 2 amide bonds. The van der Waals surface area contributed by atoms with Gasteiger partial charge in [-0.15, -0.1) is 0 Å². The van der Waals surface area contributed by atoms with Gasteiger partial charge in [0.15, 0.2) is 0 Å². The van der Waals surface area contributed by atoms with E-state index >= 15 is 0 Å². The summed E-state index contributed by atoms with van der Waals surface area (Å²) in [6.07, 6.45) is 4.51. The average molecular weight is 227 g/mol. The summed E-state index contributed by atoms with van der Waals surface area (Å²) < 4.78 is 0. The number of primary amides is 1. The van der Waals surface area contributed by atoms with Gasteiger partial charge in [0.05, 0.1) is 5.92 Å². The Labute approximate surface area is 96.1 Å². The Morgan fingerprint density at radius 1 is 1.31 bits per heavy atom. The normalized spacial score (nSPS) is 20.4. The van der Waals surface area contributed by atoms with Crippen LogP contribution >= 0.6 is 0 Å². The number of hydrogen-bond donors (Lipinski definition) is 2. The predicted octanol–water partition coefficient (Wildman–Crippen LogP) is -0.161. The number of carbonyl (C=O) groups excluding carboxylic acids is 2. The molecule has 5 heteroatoms. The van der Waals surface area contributed by atoms with Crippen LogP contribution in [0.4, 0.5) is 0 Å². The number of nitrogens with zero attached hydrogens (tertiary/aromatic N) is 1. The van der Waals surface area contributed by atoms with E-state index in [0.29, 0.717) is 6.54 Å². The summed E-state index contributed by atoms with van der Waals surface area (Å²) >= 11 is 0. The first-order valence-corrected chi connectivity index (χ1v) is 5.92. The van der Waals surface area contributed by atoms with Crippen LogP contribution in [0, 0.1) is 5.92 Å². The molecule has 16 heavy (non-hydrogen) atoms. The van der Waals surface area contributed by atoms with Gasteiger partial charge >= 0.3 is 0 Å². The Kier molecular flexibility index (Phi) is 5.25. The van der Waals surface area contributed by atoms with E-state index in [1.165, 1.54) is 0 Å². The molecule has 1 saturated heterocycles. The fraction of sp³-hybridized carbons (Fsp3) is 0.818. The van der Waals surface area contributed by atoms with Crippen molar-refractivity contribution in [2.75, 3.05) is 19.6 Å². The van der Waals surface area contributed by atoms with Gasteiger partial charge in [-0.25, -0.2) is 0 Å². The van der Waals surface area contributed by atoms with E-state index in [9.17, 15) is 9.59 Å². The van der Waals surface area contributed by atoms with Crippen LogP contribution in [0.3, 0.4) is 0 Å². The maximum Gasteiger partial charge on any atom is 0.223 e. The van der Waals surface area contributed by atoms with Gasteiger partial charge in [0.2, 0.25) is 11.8 Å². The van der Waals surface area contributed by atoms with Crippen LogP contribution in [0.15, 0.2) is 0 Å². The highest BCUT2D eigenvalue weighted by atomic mass is 16.2. The molecule has 5 nitrogen and oxygen atoms in total. The predicted molar refractivity (Wildman–Crippen MR) is 61.4 cm³/mol. The highest BCUT2D eigenvalue weighted by Crippen LogP contribution is 2.17. The molecule has 0 aromatic rings. The first kappa shape index (κ1) is 13.0. The standard InChI is InChI=1S/C11H21N3O2/c12-5-3-1-2-4-6-14-8-9(11(13)16)7-10(14)15/h9H,1-8,12H2,(H2,13,16). The molecule has 0 aromatic heterocycles. The van der Waals surface area contributed by atoms with Crippen LogP contribution in [-0.4, -0.2) is 36.3 Å². The summed E-state index contributed by atoms with van der Waals surface area (Å²) in [5, 5.41) is 0. The van der Waals surface area contributed by atoms with Crippen LogP contribution in [0.25, 0.3) is 0 Å². The van der Waals surface area contributed by atoms with E-state index in [-0.39, 0.29) is 24.2 Å².